The van der Waals surface area contributed by atoms with E-state index in [0.29, 0.717) is 5.95 Å². The van der Waals surface area contributed by atoms with Crippen LogP contribution in [0.25, 0.3) is 38.6 Å². The van der Waals surface area contributed by atoms with E-state index in [9.17, 15) is 0 Å². The second-order valence-electron chi connectivity index (χ2n) is 7.76. The first kappa shape index (κ1) is 19.1. The maximum atomic E-state index is 4.85. The second kappa shape index (κ2) is 7.80. The molecule has 0 unspecified atom stereocenters. The van der Waals surface area contributed by atoms with Gasteiger partial charge in [0.05, 0.1) is 16.7 Å². The first-order valence-corrected chi connectivity index (χ1v) is 10.6. The molecule has 7 nitrogen and oxygen atoms in total. The Kier molecular flexibility index (Phi) is 4.51. The number of hydrogen-bond donors (Lipinski definition) is 1. The lowest BCUT2D eigenvalue weighted by atomic mass is 10.0. The van der Waals surface area contributed by atoms with Crippen molar-refractivity contribution in [1.82, 2.24) is 29.7 Å². The van der Waals surface area contributed by atoms with Gasteiger partial charge in [0, 0.05) is 34.4 Å². The smallest absolute Gasteiger partial charge is 0.227 e. The Morgan fingerprint density at radius 3 is 2.55 bits per heavy atom. The molecule has 0 atom stereocenters. The van der Waals surface area contributed by atoms with Gasteiger partial charge < -0.3 is 5.32 Å². The highest BCUT2D eigenvalue weighted by molar-refractivity contribution is 5.96. The maximum absolute atomic E-state index is 4.85. The summed E-state index contributed by atoms with van der Waals surface area (Å²) in [6.45, 7) is 1.87. The number of hydrogen-bond acceptors (Lipinski definition) is 6. The molecule has 6 aromatic rings. The number of pyridine rings is 1. The molecule has 0 bridgehead atoms. The fourth-order valence-electron chi connectivity index (χ4n) is 3.89. The molecular formula is C26H19N7. The van der Waals surface area contributed by atoms with Crippen molar-refractivity contribution in [3.8, 4) is 16.8 Å². The van der Waals surface area contributed by atoms with Crippen molar-refractivity contribution in [1.29, 1.82) is 0 Å². The molecule has 0 aliphatic heterocycles. The third-order valence-corrected chi connectivity index (χ3v) is 5.52. The fraction of sp³-hybridized carbons (Fsp3) is 0.0385. The first-order chi connectivity index (χ1) is 16.2. The minimum Gasteiger partial charge on any atom is -0.324 e. The van der Waals surface area contributed by atoms with Crippen molar-refractivity contribution in [2.75, 3.05) is 5.32 Å². The average Bonchev–Trinajstić information content (AvgIpc) is 3.30. The third kappa shape index (κ3) is 3.65. The largest absolute Gasteiger partial charge is 0.324 e. The van der Waals surface area contributed by atoms with Crippen LogP contribution in [0.4, 0.5) is 11.6 Å². The lowest BCUT2D eigenvalue weighted by Crippen LogP contribution is -1.99. The molecular weight excluding hydrogens is 410 g/mol. The van der Waals surface area contributed by atoms with E-state index < -0.39 is 0 Å². The number of rotatable bonds is 4. The molecule has 0 spiro atoms. The lowest BCUT2D eigenvalue weighted by molar-refractivity contribution is 0.863. The Labute approximate surface area is 189 Å². The molecule has 3 heterocycles. The fourth-order valence-corrected chi connectivity index (χ4v) is 3.89. The Bertz CT molecular complexity index is 1600. The van der Waals surface area contributed by atoms with Gasteiger partial charge in [-0.15, -0.1) is 0 Å². The predicted molar refractivity (Wildman–Crippen MR) is 130 cm³/mol. The molecule has 6 rings (SSSR count). The number of aryl methyl sites for hydroxylation is 1. The van der Waals surface area contributed by atoms with Crippen molar-refractivity contribution in [3.05, 3.63) is 97.3 Å². The third-order valence-electron chi connectivity index (χ3n) is 5.52. The van der Waals surface area contributed by atoms with Crippen molar-refractivity contribution in [2.45, 2.75) is 6.92 Å². The van der Waals surface area contributed by atoms with Gasteiger partial charge >= 0.3 is 0 Å². The molecule has 3 aromatic heterocycles. The Morgan fingerprint density at radius 2 is 1.70 bits per heavy atom. The Balaban J connectivity index is 1.35. The molecule has 0 fully saturated rings. The lowest BCUT2D eigenvalue weighted by Gasteiger charge is -2.10. The average molecular weight is 429 g/mol. The van der Waals surface area contributed by atoms with E-state index in [-0.39, 0.29) is 0 Å². The van der Waals surface area contributed by atoms with E-state index >= 15 is 0 Å². The topological polar surface area (TPSA) is 81.4 Å². The van der Waals surface area contributed by atoms with Crippen molar-refractivity contribution < 1.29 is 0 Å². The standard InChI is InChI=1S/C26H19N7/c1-17-29-16-33(32-17)22-10-8-21(9-11-22)30-26-28-15-20-4-2-6-23(25(20)31-26)18-7-12-24-19(14-18)5-3-13-27-24/h2-16H,1H3,(H,28,30,31). The van der Waals surface area contributed by atoms with Crippen LogP contribution in [-0.2, 0) is 0 Å². The van der Waals surface area contributed by atoms with Crippen LogP contribution >= 0.6 is 0 Å². The van der Waals surface area contributed by atoms with E-state index in [1.54, 1.807) is 11.0 Å². The predicted octanol–water partition coefficient (Wildman–Crippen LogP) is 5.48. The summed E-state index contributed by atoms with van der Waals surface area (Å²) in [6, 6.07) is 24.4. The normalized spacial score (nSPS) is 11.2. The van der Waals surface area contributed by atoms with Gasteiger partial charge in [-0.2, -0.15) is 5.10 Å². The van der Waals surface area contributed by atoms with Crippen LogP contribution in [0, 0.1) is 6.92 Å². The van der Waals surface area contributed by atoms with Crippen molar-refractivity contribution >= 4 is 33.4 Å². The molecule has 158 valence electrons. The summed E-state index contributed by atoms with van der Waals surface area (Å²) in [6.07, 6.45) is 5.36. The number of benzene rings is 3. The van der Waals surface area contributed by atoms with E-state index in [4.69, 9.17) is 4.98 Å². The van der Waals surface area contributed by atoms with Crippen molar-refractivity contribution in [3.63, 3.8) is 0 Å². The van der Waals surface area contributed by atoms with Gasteiger partial charge in [0.1, 0.15) is 12.2 Å². The Hall–Kier alpha value is -4.65. The van der Waals surface area contributed by atoms with E-state index in [1.165, 1.54) is 0 Å². The summed E-state index contributed by atoms with van der Waals surface area (Å²) in [7, 11) is 0. The number of nitrogens with one attached hydrogen (secondary N) is 1. The zero-order valence-electron chi connectivity index (χ0n) is 17.8. The van der Waals surface area contributed by atoms with Crippen molar-refractivity contribution in [2.24, 2.45) is 0 Å². The Morgan fingerprint density at radius 1 is 0.818 bits per heavy atom. The van der Waals surface area contributed by atoms with Gasteiger partial charge in [-0.3, -0.25) is 4.98 Å². The second-order valence-corrected chi connectivity index (χ2v) is 7.76. The van der Waals surface area contributed by atoms with Gasteiger partial charge in [0.2, 0.25) is 5.95 Å². The van der Waals surface area contributed by atoms with E-state index in [0.717, 1.165) is 50.1 Å². The van der Waals surface area contributed by atoms with Crippen LogP contribution < -0.4 is 5.32 Å². The molecule has 0 saturated carbocycles. The zero-order valence-corrected chi connectivity index (χ0v) is 17.8. The van der Waals surface area contributed by atoms with Crippen LogP contribution in [0.1, 0.15) is 5.82 Å². The number of anilines is 2. The van der Waals surface area contributed by atoms with Crippen LogP contribution in [0.2, 0.25) is 0 Å². The molecule has 0 aliphatic carbocycles. The molecule has 0 aliphatic rings. The molecule has 0 radical (unpaired) electrons. The molecule has 3 aromatic carbocycles. The van der Waals surface area contributed by atoms with Crippen LogP contribution in [0.5, 0.6) is 0 Å². The SMILES string of the molecule is Cc1ncn(-c2ccc(Nc3ncc4cccc(-c5ccc6ncccc6c5)c4n3)cc2)n1. The number of nitrogens with zero attached hydrogens (tertiary/aromatic N) is 6. The van der Waals surface area contributed by atoms with E-state index in [2.05, 4.69) is 49.6 Å². The number of fused-ring (bicyclic) bond motifs is 2. The summed E-state index contributed by atoms with van der Waals surface area (Å²) in [5.74, 6) is 1.28. The van der Waals surface area contributed by atoms with Gasteiger partial charge in [0.15, 0.2) is 0 Å². The molecule has 0 saturated heterocycles. The highest BCUT2D eigenvalue weighted by Crippen LogP contribution is 2.30. The van der Waals surface area contributed by atoms with Gasteiger partial charge in [-0.1, -0.05) is 30.3 Å². The summed E-state index contributed by atoms with van der Waals surface area (Å²) in [5, 5.41) is 9.74. The van der Waals surface area contributed by atoms with E-state index in [1.807, 2.05) is 67.8 Å². The van der Waals surface area contributed by atoms with Gasteiger partial charge in [-0.05, 0) is 55.0 Å². The highest BCUT2D eigenvalue weighted by atomic mass is 15.3. The summed E-state index contributed by atoms with van der Waals surface area (Å²) in [5.41, 5.74) is 5.85. The molecule has 0 amide bonds. The quantitative estimate of drug-likeness (QED) is 0.400. The monoisotopic (exact) mass is 429 g/mol. The van der Waals surface area contributed by atoms with Crippen LogP contribution in [0.15, 0.2) is 91.5 Å². The van der Waals surface area contributed by atoms with Crippen LogP contribution in [0.3, 0.4) is 0 Å². The number of para-hydroxylation sites is 1. The first-order valence-electron chi connectivity index (χ1n) is 10.6. The molecule has 33 heavy (non-hydrogen) atoms. The minimum absolute atomic E-state index is 0.543. The maximum Gasteiger partial charge on any atom is 0.227 e. The van der Waals surface area contributed by atoms with Gasteiger partial charge in [-0.25, -0.2) is 19.6 Å². The zero-order chi connectivity index (χ0) is 22.2. The van der Waals surface area contributed by atoms with Gasteiger partial charge in [0.25, 0.3) is 0 Å². The highest BCUT2D eigenvalue weighted by Gasteiger charge is 2.09. The minimum atomic E-state index is 0.543. The number of aromatic nitrogens is 6. The summed E-state index contributed by atoms with van der Waals surface area (Å²) >= 11 is 0. The molecule has 1 N–H and O–H groups in total. The molecule has 7 heteroatoms. The van der Waals surface area contributed by atoms with Crippen LogP contribution in [-0.4, -0.2) is 29.7 Å². The summed E-state index contributed by atoms with van der Waals surface area (Å²) in [4.78, 5) is 18.0. The summed E-state index contributed by atoms with van der Waals surface area (Å²) < 4.78 is 1.75.